The zero-order valence-corrected chi connectivity index (χ0v) is 16.2. The minimum atomic E-state index is -0.836. The molecule has 3 aromatic rings. The van der Waals surface area contributed by atoms with E-state index < -0.39 is 17.1 Å². The maximum Gasteiger partial charge on any atom is 0.335 e. The van der Waals surface area contributed by atoms with Gasteiger partial charge in [0.2, 0.25) is 0 Å². The summed E-state index contributed by atoms with van der Waals surface area (Å²) in [4.78, 5) is 28.9. The van der Waals surface area contributed by atoms with Crippen LogP contribution in [-0.4, -0.2) is 20.7 Å². The molecule has 0 radical (unpaired) electrons. The smallest absolute Gasteiger partial charge is 0.335 e. The number of benzene rings is 1. The summed E-state index contributed by atoms with van der Waals surface area (Å²) in [5, 5.41) is -0.0375. The summed E-state index contributed by atoms with van der Waals surface area (Å²) >= 11 is 6.11. The van der Waals surface area contributed by atoms with Gasteiger partial charge in [0.15, 0.2) is 5.75 Å². The van der Waals surface area contributed by atoms with Crippen molar-refractivity contribution in [2.45, 2.75) is 13.8 Å². The highest BCUT2D eigenvalue weighted by atomic mass is 35.5. The second kappa shape index (κ2) is 7.85. The first-order valence-corrected chi connectivity index (χ1v) is 8.76. The van der Waals surface area contributed by atoms with Gasteiger partial charge in [0.05, 0.1) is 17.3 Å². The molecule has 0 bridgehead atoms. The van der Waals surface area contributed by atoms with E-state index in [9.17, 15) is 14.0 Å². The molecule has 9 heteroatoms. The van der Waals surface area contributed by atoms with Gasteiger partial charge in [-0.3, -0.25) is 4.79 Å². The monoisotopic (exact) mass is 405 g/mol. The van der Waals surface area contributed by atoms with Gasteiger partial charge in [0, 0.05) is 31.1 Å². The quantitative estimate of drug-likeness (QED) is 0.651. The SMILES string of the molecule is CCOc1ncccc1Oc1cc(-n2c(=O)cc(C)n(C)c2=O)c(F)cc1Cl. The van der Waals surface area contributed by atoms with Gasteiger partial charge in [0.25, 0.3) is 11.4 Å². The molecule has 0 saturated carbocycles. The van der Waals surface area contributed by atoms with E-state index in [4.69, 9.17) is 21.1 Å². The summed E-state index contributed by atoms with van der Waals surface area (Å²) in [6.45, 7) is 3.77. The van der Waals surface area contributed by atoms with Gasteiger partial charge in [-0.25, -0.2) is 18.7 Å². The molecule has 146 valence electrons. The average Bonchev–Trinajstić information content (AvgIpc) is 2.65. The third kappa shape index (κ3) is 3.63. The lowest BCUT2D eigenvalue weighted by atomic mass is 10.2. The molecule has 0 aliphatic heterocycles. The molecule has 0 saturated heterocycles. The van der Waals surface area contributed by atoms with E-state index in [-0.39, 0.29) is 28.1 Å². The largest absolute Gasteiger partial charge is 0.475 e. The Hall–Kier alpha value is -3.13. The standard InChI is InChI=1S/C19H17ClFN3O4/c1-4-27-18-15(6-5-7-22-18)28-16-10-14(13(21)9-12(16)20)24-17(25)8-11(2)23(3)19(24)26/h5-10H,4H2,1-3H3. The molecule has 7 nitrogen and oxygen atoms in total. The van der Waals surface area contributed by atoms with Crippen molar-refractivity contribution in [2.75, 3.05) is 6.61 Å². The van der Waals surface area contributed by atoms with Crippen LogP contribution in [0.1, 0.15) is 12.6 Å². The average molecular weight is 406 g/mol. The van der Waals surface area contributed by atoms with Crippen molar-refractivity contribution in [3.63, 3.8) is 0 Å². The van der Waals surface area contributed by atoms with Crippen molar-refractivity contribution < 1.29 is 13.9 Å². The summed E-state index contributed by atoms with van der Waals surface area (Å²) in [5.74, 6) is -0.304. The Morgan fingerprint density at radius 3 is 2.68 bits per heavy atom. The third-order valence-electron chi connectivity index (χ3n) is 4.04. The first-order valence-electron chi connectivity index (χ1n) is 8.38. The maximum atomic E-state index is 14.6. The summed E-state index contributed by atoms with van der Waals surface area (Å²) in [6.07, 6.45) is 1.53. The normalized spacial score (nSPS) is 10.8. The van der Waals surface area contributed by atoms with Gasteiger partial charge in [-0.2, -0.15) is 0 Å². The maximum absolute atomic E-state index is 14.6. The summed E-state index contributed by atoms with van der Waals surface area (Å²) in [6, 6.07) is 6.66. The molecule has 3 rings (SSSR count). The van der Waals surface area contributed by atoms with E-state index in [2.05, 4.69) is 4.98 Å². The first kappa shape index (κ1) is 19.6. The molecule has 0 amide bonds. The van der Waals surface area contributed by atoms with Crippen LogP contribution in [0.4, 0.5) is 4.39 Å². The van der Waals surface area contributed by atoms with Gasteiger partial charge in [-0.15, -0.1) is 0 Å². The lowest BCUT2D eigenvalue weighted by Gasteiger charge is -2.14. The number of hydrogen-bond donors (Lipinski definition) is 0. The lowest BCUT2D eigenvalue weighted by molar-refractivity contribution is 0.308. The van der Waals surface area contributed by atoms with Gasteiger partial charge in [0.1, 0.15) is 11.6 Å². The Morgan fingerprint density at radius 2 is 1.96 bits per heavy atom. The number of halogens is 2. The van der Waals surface area contributed by atoms with Crippen molar-refractivity contribution in [3.05, 3.63) is 73.9 Å². The van der Waals surface area contributed by atoms with Crippen LogP contribution in [0, 0.1) is 12.7 Å². The number of hydrogen-bond acceptors (Lipinski definition) is 5. The van der Waals surface area contributed by atoms with Crippen molar-refractivity contribution in [1.82, 2.24) is 14.1 Å². The number of aryl methyl sites for hydroxylation is 1. The van der Waals surface area contributed by atoms with E-state index in [1.165, 1.54) is 29.9 Å². The Morgan fingerprint density at radius 1 is 1.21 bits per heavy atom. The van der Waals surface area contributed by atoms with Crippen molar-refractivity contribution >= 4 is 11.6 Å². The predicted molar refractivity (Wildman–Crippen MR) is 102 cm³/mol. The van der Waals surface area contributed by atoms with Crippen LogP contribution in [-0.2, 0) is 7.05 Å². The molecule has 2 heterocycles. The minimum absolute atomic E-state index is 0.0375. The van der Waals surface area contributed by atoms with Crippen LogP contribution >= 0.6 is 11.6 Å². The number of pyridine rings is 1. The second-order valence-electron chi connectivity index (χ2n) is 5.88. The Balaban J connectivity index is 2.15. The molecule has 0 aliphatic carbocycles. The summed E-state index contributed by atoms with van der Waals surface area (Å²) in [7, 11) is 1.49. The van der Waals surface area contributed by atoms with Crippen molar-refractivity contribution in [3.8, 4) is 23.1 Å². The van der Waals surface area contributed by atoms with Gasteiger partial charge in [-0.1, -0.05) is 11.6 Å². The van der Waals surface area contributed by atoms with Crippen LogP contribution < -0.4 is 20.7 Å². The number of ether oxygens (including phenoxy) is 2. The molecule has 1 aromatic carbocycles. The number of rotatable bonds is 5. The molecule has 2 aromatic heterocycles. The Bertz CT molecular complexity index is 1160. The second-order valence-corrected chi connectivity index (χ2v) is 6.28. The summed E-state index contributed by atoms with van der Waals surface area (Å²) < 4.78 is 27.6. The molecule has 0 aliphatic rings. The topological polar surface area (TPSA) is 75.3 Å². The molecule has 0 atom stereocenters. The first-order chi connectivity index (χ1) is 13.3. The fourth-order valence-electron chi connectivity index (χ4n) is 2.54. The van der Waals surface area contributed by atoms with Gasteiger partial charge < -0.3 is 14.0 Å². The number of aromatic nitrogens is 3. The molecular weight excluding hydrogens is 389 g/mol. The van der Waals surface area contributed by atoms with Crippen LogP contribution in [0.3, 0.4) is 0 Å². The number of nitrogens with zero attached hydrogens (tertiary/aromatic N) is 3. The van der Waals surface area contributed by atoms with E-state index in [1.54, 1.807) is 26.0 Å². The fourth-order valence-corrected chi connectivity index (χ4v) is 2.73. The molecule has 0 unspecified atom stereocenters. The Labute approximate surface area is 164 Å². The van der Waals surface area contributed by atoms with E-state index in [0.29, 0.717) is 12.3 Å². The molecule has 0 fully saturated rings. The van der Waals surface area contributed by atoms with Gasteiger partial charge >= 0.3 is 5.69 Å². The zero-order valence-electron chi connectivity index (χ0n) is 15.4. The highest BCUT2D eigenvalue weighted by Crippen LogP contribution is 2.35. The van der Waals surface area contributed by atoms with Crippen molar-refractivity contribution in [2.24, 2.45) is 7.05 Å². The van der Waals surface area contributed by atoms with Crippen LogP contribution in [0.15, 0.2) is 46.1 Å². The van der Waals surface area contributed by atoms with Crippen LogP contribution in [0.2, 0.25) is 5.02 Å². The highest BCUT2D eigenvalue weighted by Gasteiger charge is 2.18. The van der Waals surface area contributed by atoms with E-state index >= 15 is 0 Å². The molecular formula is C19H17ClFN3O4. The van der Waals surface area contributed by atoms with E-state index in [1.807, 2.05) is 0 Å². The lowest BCUT2D eigenvalue weighted by Crippen LogP contribution is -2.38. The van der Waals surface area contributed by atoms with E-state index in [0.717, 1.165) is 10.6 Å². The third-order valence-corrected chi connectivity index (χ3v) is 4.33. The van der Waals surface area contributed by atoms with Crippen molar-refractivity contribution in [1.29, 1.82) is 0 Å². The molecule has 0 N–H and O–H groups in total. The Kier molecular flexibility index (Phi) is 5.51. The molecule has 0 spiro atoms. The van der Waals surface area contributed by atoms with Crippen LogP contribution in [0.5, 0.6) is 17.4 Å². The summed E-state index contributed by atoms with van der Waals surface area (Å²) in [5.41, 5.74) is -1.17. The highest BCUT2D eigenvalue weighted by molar-refractivity contribution is 6.32. The zero-order chi connectivity index (χ0) is 20.4. The molecule has 28 heavy (non-hydrogen) atoms. The van der Waals surface area contributed by atoms with Gasteiger partial charge in [-0.05, 0) is 32.0 Å². The van der Waals surface area contributed by atoms with Crippen LogP contribution in [0.25, 0.3) is 5.69 Å². The minimum Gasteiger partial charge on any atom is -0.475 e. The predicted octanol–water partition coefficient (Wildman–Crippen LogP) is 3.22. The fraction of sp³-hybridized carbons (Fsp3) is 0.211.